The van der Waals surface area contributed by atoms with Gasteiger partial charge in [-0.3, -0.25) is 4.79 Å². The highest BCUT2D eigenvalue weighted by atomic mass is 16.7. The van der Waals surface area contributed by atoms with Crippen LogP contribution in [0.5, 0.6) is 0 Å². The van der Waals surface area contributed by atoms with Crippen molar-refractivity contribution in [1.82, 2.24) is 5.32 Å². The van der Waals surface area contributed by atoms with Crippen molar-refractivity contribution in [1.29, 1.82) is 0 Å². The van der Waals surface area contributed by atoms with Crippen LogP contribution in [0.25, 0.3) is 0 Å². The highest BCUT2D eigenvalue weighted by molar-refractivity contribution is 5.76. The zero-order valence-electron chi connectivity index (χ0n) is 47.8. The lowest BCUT2D eigenvalue weighted by atomic mass is 9.99. The van der Waals surface area contributed by atoms with Crippen molar-refractivity contribution in [2.24, 2.45) is 0 Å². The van der Waals surface area contributed by atoms with Crippen LogP contribution in [0.4, 0.5) is 0 Å². The molecule has 9 nitrogen and oxygen atoms in total. The Balaban J connectivity index is 2.21. The molecule has 7 unspecified atom stereocenters. The monoisotopic (exact) mass is 1050 g/mol. The van der Waals surface area contributed by atoms with Crippen LogP contribution in [0.15, 0.2) is 109 Å². The molecule has 1 aliphatic heterocycles. The maximum absolute atomic E-state index is 13.1. The van der Waals surface area contributed by atoms with Gasteiger partial charge in [-0.15, -0.1) is 0 Å². The van der Waals surface area contributed by atoms with Crippen LogP contribution in [0.3, 0.4) is 0 Å². The first-order valence-corrected chi connectivity index (χ1v) is 30.6. The van der Waals surface area contributed by atoms with Crippen molar-refractivity contribution >= 4 is 5.91 Å². The molecule has 1 fully saturated rings. The van der Waals surface area contributed by atoms with Gasteiger partial charge in [0.15, 0.2) is 6.29 Å². The molecule has 7 atom stereocenters. The molecule has 1 rings (SSSR count). The summed E-state index contributed by atoms with van der Waals surface area (Å²) < 4.78 is 11.3. The number of aliphatic hydroxyl groups is 5. The average Bonchev–Trinajstić information content (AvgIpc) is 3.41. The summed E-state index contributed by atoms with van der Waals surface area (Å²) in [5.74, 6) is -0.188. The summed E-state index contributed by atoms with van der Waals surface area (Å²) in [7, 11) is 0. The van der Waals surface area contributed by atoms with E-state index in [1.54, 1.807) is 6.08 Å². The fraction of sp³-hybridized carbons (Fsp3) is 0.712. The van der Waals surface area contributed by atoms with E-state index in [2.05, 4.69) is 116 Å². The summed E-state index contributed by atoms with van der Waals surface area (Å²) in [6.07, 6.45) is 72.9. The number of rotatable bonds is 51. The quantitative estimate of drug-likeness (QED) is 0.0261. The lowest BCUT2D eigenvalue weighted by Crippen LogP contribution is -2.60. The molecule has 0 bridgehead atoms. The van der Waals surface area contributed by atoms with Gasteiger partial charge >= 0.3 is 0 Å². The molecule has 9 heteroatoms. The molecule has 0 radical (unpaired) electrons. The van der Waals surface area contributed by atoms with Crippen molar-refractivity contribution in [2.75, 3.05) is 13.2 Å². The van der Waals surface area contributed by atoms with E-state index in [4.69, 9.17) is 9.47 Å². The van der Waals surface area contributed by atoms with Crippen LogP contribution in [0, 0.1) is 0 Å². The van der Waals surface area contributed by atoms with E-state index >= 15 is 0 Å². The molecule has 6 N–H and O–H groups in total. The predicted molar refractivity (Wildman–Crippen MR) is 317 cm³/mol. The number of allylic oxidation sites excluding steroid dienone is 17. The number of aliphatic hydroxyl groups excluding tert-OH is 5. The van der Waals surface area contributed by atoms with E-state index in [1.165, 1.54) is 122 Å². The number of amides is 1. The topological polar surface area (TPSA) is 149 Å². The number of carbonyl (C=O) groups excluding carboxylic acids is 1. The Kier molecular flexibility index (Phi) is 50.5. The van der Waals surface area contributed by atoms with Gasteiger partial charge in [-0.1, -0.05) is 264 Å². The largest absolute Gasteiger partial charge is 0.394 e. The van der Waals surface area contributed by atoms with Crippen LogP contribution in [-0.2, 0) is 14.3 Å². The molecule has 0 saturated carbocycles. The first-order valence-electron chi connectivity index (χ1n) is 30.6. The second-order valence-corrected chi connectivity index (χ2v) is 20.8. The molecule has 0 aromatic heterocycles. The zero-order valence-corrected chi connectivity index (χ0v) is 47.8. The van der Waals surface area contributed by atoms with Crippen LogP contribution < -0.4 is 5.32 Å². The molecule has 0 aromatic rings. The minimum Gasteiger partial charge on any atom is -0.394 e. The lowest BCUT2D eigenvalue weighted by Gasteiger charge is -2.40. The zero-order chi connectivity index (χ0) is 54.3. The molecular formula is C66H113NO8. The lowest BCUT2D eigenvalue weighted by molar-refractivity contribution is -0.302. The Morgan fingerprint density at radius 1 is 0.467 bits per heavy atom. The number of ether oxygens (including phenoxy) is 2. The molecule has 75 heavy (non-hydrogen) atoms. The number of nitrogens with one attached hydrogen (secondary N) is 1. The second kappa shape index (κ2) is 54.2. The van der Waals surface area contributed by atoms with Crippen molar-refractivity contribution in [3.63, 3.8) is 0 Å². The van der Waals surface area contributed by atoms with Gasteiger partial charge in [0.05, 0.1) is 25.4 Å². The number of hydrogen-bond acceptors (Lipinski definition) is 8. The predicted octanol–water partition coefficient (Wildman–Crippen LogP) is 15.7. The third-order valence-electron chi connectivity index (χ3n) is 13.9. The highest BCUT2D eigenvalue weighted by Gasteiger charge is 2.44. The van der Waals surface area contributed by atoms with E-state index in [0.29, 0.717) is 6.42 Å². The second-order valence-electron chi connectivity index (χ2n) is 20.8. The Bertz CT molecular complexity index is 1540. The molecule has 0 aliphatic carbocycles. The van der Waals surface area contributed by atoms with Gasteiger partial charge in [-0.05, 0) is 83.5 Å². The third-order valence-corrected chi connectivity index (χ3v) is 13.9. The summed E-state index contributed by atoms with van der Waals surface area (Å²) in [6.45, 7) is 3.67. The summed E-state index contributed by atoms with van der Waals surface area (Å²) >= 11 is 0. The minimum atomic E-state index is -1.57. The Hall–Kier alpha value is -3.15. The number of unbranched alkanes of at least 4 members (excludes halogenated alkanes) is 25. The van der Waals surface area contributed by atoms with Crippen molar-refractivity contribution in [3.8, 4) is 0 Å². The molecule has 1 saturated heterocycles. The van der Waals surface area contributed by atoms with Crippen molar-refractivity contribution in [3.05, 3.63) is 109 Å². The Morgan fingerprint density at radius 3 is 1.23 bits per heavy atom. The van der Waals surface area contributed by atoms with E-state index in [0.717, 1.165) is 103 Å². The van der Waals surface area contributed by atoms with Crippen LogP contribution in [0.1, 0.15) is 245 Å². The smallest absolute Gasteiger partial charge is 0.220 e. The first-order chi connectivity index (χ1) is 36.8. The van der Waals surface area contributed by atoms with Crippen molar-refractivity contribution < 1.29 is 39.8 Å². The van der Waals surface area contributed by atoms with Gasteiger partial charge in [0.1, 0.15) is 24.4 Å². The molecule has 1 heterocycles. The van der Waals surface area contributed by atoms with Gasteiger partial charge in [-0.25, -0.2) is 0 Å². The highest BCUT2D eigenvalue weighted by Crippen LogP contribution is 2.23. The number of carbonyl (C=O) groups is 1. The fourth-order valence-electron chi connectivity index (χ4n) is 9.06. The van der Waals surface area contributed by atoms with Crippen LogP contribution in [-0.4, -0.2) is 87.5 Å². The maximum atomic E-state index is 13.1. The molecule has 430 valence electrons. The molecule has 1 amide bonds. The summed E-state index contributed by atoms with van der Waals surface area (Å²) in [5.41, 5.74) is 0. The summed E-state index contributed by atoms with van der Waals surface area (Å²) in [5, 5.41) is 54.6. The van der Waals surface area contributed by atoms with E-state index < -0.39 is 49.5 Å². The fourth-order valence-corrected chi connectivity index (χ4v) is 9.06. The van der Waals surface area contributed by atoms with Gasteiger partial charge in [-0.2, -0.15) is 0 Å². The standard InChI is InChI=1S/C66H113NO8/c1-3-5-7-9-11-13-15-17-19-21-23-24-25-26-27-28-29-30-31-32-33-34-35-36-38-40-42-44-46-48-50-52-54-56-62(70)67-59(58-74-66-65(73)64(72)63(71)61(57-68)75-66)60(69)55-53-51-49-47-45-43-41-39-37-22-20-18-16-14-12-10-8-6-4-2/h5,7,11,13,17,19,23-24,26-27,29-30,32-33,35-36,53,55,59-61,63-66,68-69,71-73H,3-4,6,8-10,12,14-16,18,20-22,25,28,31,34,37-52,54,56-58H2,1-2H3,(H,67,70)/b7-5-,13-11-,19-17-,24-23-,27-26-,30-29-,33-32-,36-35-,55-53+. The van der Waals surface area contributed by atoms with E-state index in [9.17, 15) is 30.3 Å². The SMILES string of the molecule is CC/C=C\C/C=C\C/C=C\C/C=C\C/C=C\C/C=C\C/C=C\C/C=C\CCCCCCCCCCC(=O)NC(COC1OC(CO)C(O)C(O)C1O)C(O)/C=C/CCCCCCCCCCCCCCCCCCC. The molecule has 0 aromatic carbocycles. The number of hydrogen-bond donors (Lipinski definition) is 6. The molecular weight excluding hydrogens is 935 g/mol. The van der Waals surface area contributed by atoms with Crippen LogP contribution >= 0.6 is 0 Å². The molecule has 1 aliphatic rings. The first kappa shape index (κ1) is 69.9. The van der Waals surface area contributed by atoms with E-state index in [1.807, 2.05) is 6.08 Å². The van der Waals surface area contributed by atoms with E-state index in [-0.39, 0.29) is 12.5 Å². The molecule has 0 spiro atoms. The third kappa shape index (κ3) is 43.5. The average molecular weight is 1050 g/mol. The summed E-state index contributed by atoms with van der Waals surface area (Å²) in [4.78, 5) is 13.1. The normalized spacial score (nSPS) is 19.7. The Morgan fingerprint density at radius 2 is 0.827 bits per heavy atom. The van der Waals surface area contributed by atoms with Gasteiger partial charge in [0, 0.05) is 6.42 Å². The maximum Gasteiger partial charge on any atom is 0.220 e. The van der Waals surface area contributed by atoms with Crippen LogP contribution in [0.2, 0.25) is 0 Å². The Labute approximate surface area is 459 Å². The van der Waals surface area contributed by atoms with Gasteiger partial charge in [0.25, 0.3) is 0 Å². The van der Waals surface area contributed by atoms with Gasteiger partial charge in [0.2, 0.25) is 5.91 Å². The van der Waals surface area contributed by atoms with Gasteiger partial charge < -0.3 is 40.3 Å². The minimum absolute atomic E-state index is 0.188. The van der Waals surface area contributed by atoms with Crippen molar-refractivity contribution in [2.45, 2.75) is 288 Å². The summed E-state index contributed by atoms with van der Waals surface area (Å²) in [6, 6.07) is -0.818.